The number of pyridine rings is 1. The second-order valence-electron chi connectivity index (χ2n) is 7.03. The molecule has 5 rings (SSSR count). The molecule has 1 aromatic carbocycles. The van der Waals surface area contributed by atoms with Gasteiger partial charge in [-0.3, -0.25) is 4.57 Å². The van der Waals surface area contributed by atoms with E-state index >= 15 is 0 Å². The Kier molecular flexibility index (Phi) is 4.42. The quantitative estimate of drug-likeness (QED) is 0.463. The van der Waals surface area contributed by atoms with Gasteiger partial charge in [-0.25, -0.2) is 14.6 Å². The number of nitrogens with zero attached hydrogens (tertiary/aromatic N) is 6. The highest BCUT2D eigenvalue weighted by atomic mass is 79.9. The lowest BCUT2D eigenvalue weighted by molar-refractivity contribution is 0.111. The molecule has 4 aromatic rings. The summed E-state index contributed by atoms with van der Waals surface area (Å²) < 4.78 is 10.6. The predicted octanol–water partition coefficient (Wildman–Crippen LogP) is 4.40. The molecule has 0 radical (unpaired) electrons. The molecule has 144 valence electrons. The summed E-state index contributed by atoms with van der Waals surface area (Å²) >= 11 is 3.53. The molecule has 1 aliphatic heterocycles. The molecule has 8 heteroatoms. The van der Waals surface area contributed by atoms with E-state index in [1.54, 1.807) is 17.1 Å². The number of aromatic nitrogens is 5. The molecule has 1 aliphatic rings. The van der Waals surface area contributed by atoms with Gasteiger partial charge in [0.2, 0.25) is 0 Å². The molecule has 1 atom stereocenters. The van der Waals surface area contributed by atoms with E-state index in [9.17, 15) is 5.26 Å². The summed E-state index contributed by atoms with van der Waals surface area (Å²) in [6.07, 6.45) is 3.72. The monoisotopic (exact) mass is 448 g/mol. The van der Waals surface area contributed by atoms with Crippen LogP contribution in [0.2, 0.25) is 0 Å². The third-order valence-electron chi connectivity index (χ3n) is 5.13. The maximum Gasteiger partial charge on any atom is 0.163 e. The first-order valence-electron chi connectivity index (χ1n) is 9.37. The van der Waals surface area contributed by atoms with E-state index in [2.05, 4.69) is 32.1 Å². The number of hydrogen-bond donors (Lipinski definition) is 0. The molecule has 0 aliphatic carbocycles. The molecule has 29 heavy (non-hydrogen) atoms. The van der Waals surface area contributed by atoms with E-state index in [-0.39, 0.29) is 6.10 Å². The number of imidazole rings is 1. The van der Waals surface area contributed by atoms with Gasteiger partial charge in [0, 0.05) is 22.3 Å². The first-order chi connectivity index (χ1) is 14.1. The van der Waals surface area contributed by atoms with Gasteiger partial charge >= 0.3 is 0 Å². The Hall–Kier alpha value is -3.02. The molecule has 4 heterocycles. The third-order valence-corrected chi connectivity index (χ3v) is 5.62. The van der Waals surface area contributed by atoms with Crippen LogP contribution in [0.5, 0.6) is 0 Å². The third kappa shape index (κ3) is 3.12. The summed E-state index contributed by atoms with van der Waals surface area (Å²) in [6, 6.07) is 13.8. The van der Waals surface area contributed by atoms with Gasteiger partial charge in [0.05, 0.1) is 17.1 Å². The van der Waals surface area contributed by atoms with Gasteiger partial charge in [0.1, 0.15) is 18.2 Å². The summed E-state index contributed by atoms with van der Waals surface area (Å²) in [5, 5.41) is 13.7. The molecule has 0 N–H and O–H groups in total. The van der Waals surface area contributed by atoms with Gasteiger partial charge < -0.3 is 4.74 Å². The Morgan fingerprint density at radius 2 is 2.14 bits per heavy atom. The number of nitriles is 1. The molecular formula is C21H17BrN6O. The average Bonchev–Trinajstić information content (AvgIpc) is 3.47. The molecule has 0 saturated carbocycles. The van der Waals surface area contributed by atoms with Crippen molar-refractivity contribution in [3.63, 3.8) is 0 Å². The number of hydrogen-bond acceptors (Lipinski definition) is 5. The van der Waals surface area contributed by atoms with Gasteiger partial charge in [-0.2, -0.15) is 10.4 Å². The van der Waals surface area contributed by atoms with E-state index in [0.29, 0.717) is 11.5 Å². The number of rotatable bonds is 3. The second-order valence-corrected chi connectivity index (χ2v) is 7.94. The van der Waals surface area contributed by atoms with Crippen LogP contribution in [0.25, 0.3) is 22.7 Å². The molecule has 7 nitrogen and oxygen atoms in total. The van der Waals surface area contributed by atoms with Crippen molar-refractivity contribution in [3.05, 3.63) is 64.1 Å². The minimum Gasteiger partial charge on any atom is -0.373 e. The first kappa shape index (κ1) is 18.0. The van der Waals surface area contributed by atoms with Gasteiger partial charge in [0.25, 0.3) is 0 Å². The topological polar surface area (TPSA) is 81.5 Å². The lowest BCUT2D eigenvalue weighted by atomic mass is 10.1. The number of ether oxygens (including phenoxy) is 1. The number of aryl methyl sites for hydroxylation is 1. The van der Waals surface area contributed by atoms with Crippen LogP contribution in [0, 0.1) is 18.3 Å². The second kappa shape index (κ2) is 7.10. The lowest BCUT2D eigenvalue weighted by Gasteiger charge is -2.17. The van der Waals surface area contributed by atoms with E-state index < -0.39 is 0 Å². The van der Waals surface area contributed by atoms with Crippen molar-refractivity contribution in [1.29, 1.82) is 5.26 Å². The summed E-state index contributed by atoms with van der Waals surface area (Å²) in [6.45, 7) is 2.67. The first-order valence-corrected chi connectivity index (χ1v) is 10.2. The molecular weight excluding hydrogens is 432 g/mol. The van der Waals surface area contributed by atoms with Crippen LogP contribution in [0.15, 0.2) is 47.2 Å². The van der Waals surface area contributed by atoms with Crippen LogP contribution in [0.1, 0.15) is 35.9 Å². The van der Waals surface area contributed by atoms with Gasteiger partial charge in [0.15, 0.2) is 11.5 Å². The fourth-order valence-electron chi connectivity index (χ4n) is 3.73. The molecule has 0 bridgehead atoms. The Bertz CT molecular complexity index is 1260. The number of halogens is 1. The molecule has 1 saturated heterocycles. The van der Waals surface area contributed by atoms with Crippen LogP contribution < -0.4 is 0 Å². The molecule has 0 spiro atoms. The summed E-state index contributed by atoms with van der Waals surface area (Å²) in [7, 11) is 0. The van der Waals surface area contributed by atoms with Crippen LogP contribution in [-0.2, 0) is 4.74 Å². The van der Waals surface area contributed by atoms with E-state index in [1.807, 2.05) is 41.8 Å². The standard InChI is InChI=1S/C21H17BrN6O/c1-13-9-15(11-23)26-28(13)21-16(19-3-2-8-29-19)5-7-20(25-21)27-12-24-17-6-4-14(22)10-18(17)27/h4-7,9-10,12,19H,2-3,8H2,1H3. The van der Waals surface area contributed by atoms with Crippen molar-refractivity contribution in [2.24, 2.45) is 0 Å². The zero-order valence-electron chi connectivity index (χ0n) is 15.7. The van der Waals surface area contributed by atoms with Gasteiger partial charge in [-0.1, -0.05) is 15.9 Å². The van der Waals surface area contributed by atoms with E-state index in [0.717, 1.165) is 52.0 Å². The smallest absolute Gasteiger partial charge is 0.163 e. The highest BCUT2D eigenvalue weighted by Gasteiger charge is 2.24. The zero-order chi connectivity index (χ0) is 20.0. The maximum absolute atomic E-state index is 9.26. The van der Waals surface area contributed by atoms with Crippen LogP contribution in [-0.4, -0.2) is 30.9 Å². The van der Waals surface area contributed by atoms with E-state index in [1.165, 1.54) is 0 Å². The molecule has 1 unspecified atom stereocenters. The van der Waals surface area contributed by atoms with Crippen molar-refractivity contribution in [1.82, 2.24) is 24.3 Å². The van der Waals surface area contributed by atoms with E-state index in [4.69, 9.17) is 9.72 Å². The Balaban J connectivity index is 1.71. The van der Waals surface area contributed by atoms with Crippen LogP contribution in [0.4, 0.5) is 0 Å². The van der Waals surface area contributed by atoms with Crippen LogP contribution in [0.3, 0.4) is 0 Å². The fraction of sp³-hybridized carbons (Fsp3) is 0.238. The minimum atomic E-state index is -0.0191. The average molecular weight is 449 g/mol. The Morgan fingerprint density at radius 3 is 2.90 bits per heavy atom. The number of benzene rings is 1. The molecule has 0 amide bonds. The normalized spacial score (nSPS) is 16.4. The van der Waals surface area contributed by atoms with Crippen molar-refractivity contribution in [2.45, 2.75) is 25.9 Å². The molecule has 1 fully saturated rings. The fourth-order valence-corrected chi connectivity index (χ4v) is 4.08. The SMILES string of the molecule is Cc1cc(C#N)nn1-c1nc(-n2cnc3ccc(Br)cc32)ccc1C1CCCO1. The Labute approximate surface area is 175 Å². The van der Waals surface area contributed by atoms with Crippen molar-refractivity contribution < 1.29 is 4.74 Å². The van der Waals surface area contributed by atoms with Gasteiger partial charge in [-0.05, 0) is 56.2 Å². The maximum atomic E-state index is 9.26. The Morgan fingerprint density at radius 1 is 1.24 bits per heavy atom. The van der Waals surface area contributed by atoms with Crippen molar-refractivity contribution >= 4 is 27.0 Å². The summed E-state index contributed by atoms with van der Waals surface area (Å²) in [5.74, 6) is 1.42. The summed E-state index contributed by atoms with van der Waals surface area (Å²) in [5.41, 5.74) is 4.04. The molecule has 3 aromatic heterocycles. The van der Waals surface area contributed by atoms with Crippen molar-refractivity contribution in [2.75, 3.05) is 6.61 Å². The number of fused-ring (bicyclic) bond motifs is 1. The highest BCUT2D eigenvalue weighted by molar-refractivity contribution is 9.10. The largest absolute Gasteiger partial charge is 0.373 e. The zero-order valence-corrected chi connectivity index (χ0v) is 17.3. The van der Waals surface area contributed by atoms with Crippen LogP contribution >= 0.6 is 15.9 Å². The van der Waals surface area contributed by atoms with Gasteiger partial charge in [-0.15, -0.1) is 0 Å². The van der Waals surface area contributed by atoms with Crippen molar-refractivity contribution in [3.8, 4) is 17.7 Å². The minimum absolute atomic E-state index is 0.0191. The summed E-state index contributed by atoms with van der Waals surface area (Å²) in [4.78, 5) is 9.42. The predicted molar refractivity (Wildman–Crippen MR) is 111 cm³/mol. The lowest BCUT2D eigenvalue weighted by Crippen LogP contribution is -2.11. The highest BCUT2D eigenvalue weighted by Crippen LogP contribution is 2.33.